The van der Waals surface area contributed by atoms with Crippen LogP contribution in [0.4, 0.5) is 0 Å². The van der Waals surface area contributed by atoms with Crippen LogP contribution in [-0.2, 0) is 11.2 Å². The van der Waals surface area contributed by atoms with Crippen molar-refractivity contribution in [3.05, 3.63) is 28.8 Å². The van der Waals surface area contributed by atoms with E-state index in [4.69, 9.17) is 4.74 Å². The molecule has 0 aliphatic carbocycles. The van der Waals surface area contributed by atoms with Gasteiger partial charge in [0, 0.05) is 6.42 Å². The van der Waals surface area contributed by atoms with E-state index in [9.17, 15) is 4.79 Å². The zero-order chi connectivity index (χ0) is 12.8. The third kappa shape index (κ3) is 4.22. The Bertz CT molecular complexity index is 394. The summed E-state index contributed by atoms with van der Waals surface area (Å²) in [6.07, 6.45) is 2.47. The molecule has 1 aromatic rings. The van der Waals surface area contributed by atoms with Crippen molar-refractivity contribution < 1.29 is 9.53 Å². The van der Waals surface area contributed by atoms with Crippen LogP contribution < -0.4 is 4.74 Å². The van der Waals surface area contributed by atoms with Crippen LogP contribution in [0.5, 0.6) is 5.75 Å². The molecule has 17 heavy (non-hydrogen) atoms. The number of hydrogen-bond acceptors (Lipinski definition) is 2. The predicted molar refractivity (Wildman–Crippen MR) is 70.7 cm³/mol. The van der Waals surface area contributed by atoms with Crippen molar-refractivity contribution in [1.29, 1.82) is 0 Å². The second-order valence-corrected chi connectivity index (χ2v) is 4.56. The van der Waals surface area contributed by atoms with Crippen LogP contribution in [0.15, 0.2) is 12.1 Å². The quantitative estimate of drug-likeness (QED) is 0.751. The minimum atomic E-state index is 0.257. The average Bonchev–Trinajstić information content (AvgIpc) is 2.22. The summed E-state index contributed by atoms with van der Waals surface area (Å²) >= 11 is 0. The van der Waals surface area contributed by atoms with Crippen LogP contribution in [0.25, 0.3) is 0 Å². The highest BCUT2D eigenvalue weighted by Crippen LogP contribution is 2.26. The Kier molecular flexibility index (Phi) is 5.20. The minimum absolute atomic E-state index is 0.257. The zero-order valence-corrected chi connectivity index (χ0v) is 11.3. The van der Waals surface area contributed by atoms with Gasteiger partial charge < -0.3 is 9.53 Å². The summed E-state index contributed by atoms with van der Waals surface area (Å²) in [6.45, 7) is 8.50. The number of aryl methyl sites for hydroxylation is 3. The molecule has 0 N–H and O–H groups in total. The Balaban J connectivity index is 2.83. The summed E-state index contributed by atoms with van der Waals surface area (Å²) in [5.74, 6) is 1.26. The van der Waals surface area contributed by atoms with Crippen LogP contribution >= 0.6 is 0 Å². The van der Waals surface area contributed by atoms with E-state index in [1.807, 2.05) is 6.92 Å². The number of ketones is 1. The molecule has 0 saturated carbocycles. The van der Waals surface area contributed by atoms with Crippen molar-refractivity contribution >= 4 is 5.78 Å². The second kappa shape index (κ2) is 6.43. The summed E-state index contributed by atoms with van der Waals surface area (Å²) in [4.78, 5) is 10.9. The van der Waals surface area contributed by atoms with Crippen molar-refractivity contribution in [2.45, 2.75) is 47.0 Å². The van der Waals surface area contributed by atoms with Crippen molar-refractivity contribution in [2.24, 2.45) is 0 Å². The molecule has 1 aromatic carbocycles. The average molecular weight is 234 g/mol. The Morgan fingerprint density at radius 1 is 1.29 bits per heavy atom. The molecule has 0 saturated heterocycles. The Labute approximate surface area is 104 Å². The van der Waals surface area contributed by atoms with Gasteiger partial charge in [0.05, 0.1) is 6.61 Å². The summed E-state index contributed by atoms with van der Waals surface area (Å²) in [7, 11) is 0. The summed E-state index contributed by atoms with van der Waals surface area (Å²) in [5, 5.41) is 0. The molecule has 2 heteroatoms. The van der Waals surface area contributed by atoms with Crippen LogP contribution in [0.1, 0.15) is 43.4 Å². The van der Waals surface area contributed by atoms with Gasteiger partial charge >= 0.3 is 0 Å². The highest BCUT2D eigenvalue weighted by Gasteiger charge is 2.08. The lowest BCUT2D eigenvalue weighted by Gasteiger charge is -2.14. The molecule has 0 unspecified atom stereocenters. The molecule has 0 fully saturated rings. The van der Waals surface area contributed by atoms with Crippen LogP contribution in [0.2, 0.25) is 0 Å². The normalized spacial score (nSPS) is 10.4. The number of rotatable bonds is 6. The lowest BCUT2D eigenvalue weighted by molar-refractivity contribution is -0.117. The number of ether oxygens (including phenoxy) is 1. The van der Waals surface area contributed by atoms with Crippen molar-refractivity contribution in [3.63, 3.8) is 0 Å². The van der Waals surface area contributed by atoms with E-state index < -0.39 is 0 Å². The molecule has 0 heterocycles. The second-order valence-electron chi connectivity index (χ2n) is 4.56. The fraction of sp³-hybridized carbons (Fsp3) is 0.533. The van der Waals surface area contributed by atoms with Gasteiger partial charge in [-0.1, -0.05) is 17.7 Å². The maximum atomic E-state index is 10.9. The third-order valence-corrected chi connectivity index (χ3v) is 2.76. The Morgan fingerprint density at radius 2 is 2.00 bits per heavy atom. The highest BCUT2D eigenvalue weighted by molar-refractivity contribution is 5.75. The number of carbonyl (C=O) groups is 1. The van der Waals surface area contributed by atoms with Crippen LogP contribution in [0.3, 0.4) is 0 Å². The predicted octanol–water partition coefficient (Wildman–Crippen LogP) is 3.61. The number of carbonyl (C=O) groups excluding carboxylic acids is 1. The molecule has 0 spiro atoms. The fourth-order valence-corrected chi connectivity index (χ4v) is 2.11. The molecule has 0 aromatic heterocycles. The van der Waals surface area contributed by atoms with Gasteiger partial charge in [0.2, 0.25) is 0 Å². The third-order valence-electron chi connectivity index (χ3n) is 2.76. The molecular weight excluding hydrogens is 212 g/mol. The van der Waals surface area contributed by atoms with Gasteiger partial charge in [0.1, 0.15) is 11.5 Å². The standard InChI is InChI=1S/C15H22O2/c1-5-17-15-12(3)9-11(2)10-14(15)8-6-7-13(4)16/h9-10H,5-8H2,1-4H3. The summed E-state index contributed by atoms with van der Waals surface area (Å²) < 4.78 is 5.70. The van der Waals surface area contributed by atoms with E-state index >= 15 is 0 Å². The van der Waals surface area contributed by atoms with E-state index in [1.165, 1.54) is 16.7 Å². The molecule has 0 aliphatic heterocycles. The van der Waals surface area contributed by atoms with Gasteiger partial charge in [0.15, 0.2) is 0 Å². The molecule has 1 rings (SSSR count). The first-order valence-corrected chi connectivity index (χ1v) is 6.27. The first-order chi connectivity index (χ1) is 8.04. The van der Waals surface area contributed by atoms with Gasteiger partial charge in [-0.25, -0.2) is 0 Å². The first kappa shape index (κ1) is 13.8. The van der Waals surface area contributed by atoms with E-state index in [0.717, 1.165) is 18.6 Å². The lowest BCUT2D eigenvalue weighted by Crippen LogP contribution is -2.01. The monoisotopic (exact) mass is 234 g/mol. The highest BCUT2D eigenvalue weighted by atomic mass is 16.5. The Hall–Kier alpha value is -1.31. The smallest absolute Gasteiger partial charge is 0.129 e. The van der Waals surface area contributed by atoms with Gasteiger partial charge in [-0.15, -0.1) is 0 Å². The molecule has 0 aliphatic rings. The van der Waals surface area contributed by atoms with Crippen molar-refractivity contribution in [2.75, 3.05) is 6.61 Å². The molecular formula is C15H22O2. The van der Waals surface area contributed by atoms with E-state index in [1.54, 1.807) is 6.92 Å². The molecule has 2 nitrogen and oxygen atoms in total. The largest absolute Gasteiger partial charge is 0.493 e. The minimum Gasteiger partial charge on any atom is -0.493 e. The zero-order valence-electron chi connectivity index (χ0n) is 11.3. The van der Waals surface area contributed by atoms with Gasteiger partial charge in [-0.3, -0.25) is 0 Å². The first-order valence-electron chi connectivity index (χ1n) is 6.27. The van der Waals surface area contributed by atoms with Crippen LogP contribution in [0, 0.1) is 13.8 Å². The van der Waals surface area contributed by atoms with Crippen molar-refractivity contribution in [1.82, 2.24) is 0 Å². The SMILES string of the molecule is CCOc1c(C)cc(C)cc1CCCC(C)=O. The maximum absolute atomic E-state index is 10.9. The molecule has 94 valence electrons. The summed E-state index contributed by atoms with van der Waals surface area (Å²) in [6, 6.07) is 4.30. The number of Topliss-reactive ketones (excluding diaryl/α,β-unsaturated/α-hetero) is 1. The van der Waals surface area contributed by atoms with E-state index in [-0.39, 0.29) is 5.78 Å². The summed E-state index contributed by atoms with van der Waals surface area (Å²) in [5.41, 5.74) is 3.67. The molecule has 0 radical (unpaired) electrons. The molecule has 0 bridgehead atoms. The maximum Gasteiger partial charge on any atom is 0.129 e. The molecule has 0 atom stereocenters. The van der Waals surface area contributed by atoms with E-state index in [2.05, 4.69) is 26.0 Å². The number of benzene rings is 1. The van der Waals surface area contributed by atoms with Gasteiger partial charge in [-0.05, 0) is 51.7 Å². The van der Waals surface area contributed by atoms with Gasteiger partial charge in [-0.2, -0.15) is 0 Å². The lowest BCUT2D eigenvalue weighted by atomic mass is 10.0. The topological polar surface area (TPSA) is 26.3 Å². The van der Waals surface area contributed by atoms with Crippen molar-refractivity contribution in [3.8, 4) is 5.75 Å². The van der Waals surface area contributed by atoms with Crippen LogP contribution in [-0.4, -0.2) is 12.4 Å². The fourth-order valence-electron chi connectivity index (χ4n) is 2.11. The van der Waals surface area contributed by atoms with Gasteiger partial charge in [0.25, 0.3) is 0 Å². The van der Waals surface area contributed by atoms with E-state index in [0.29, 0.717) is 13.0 Å². The molecule has 0 amide bonds. The Morgan fingerprint density at radius 3 is 2.59 bits per heavy atom. The number of hydrogen-bond donors (Lipinski definition) is 0.